The average molecular weight is 234 g/mol. The van der Waals surface area contributed by atoms with Crippen LogP contribution in [0, 0.1) is 0 Å². The Hall–Kier alpha value is -0.640. The SMILES string of the molecule is c1scc2c1Cc1csc3scc-2c13. The zero-order chi connectivity index (χ0) is 9.12. The molecular formula is C11H6S3. The van der Waals surface area contributed by atoms with Crippen LogP contribution in [0.5, 0.6) is 0 Å². The molecule has 68 valence electrons. The highest BCUT2D eigenvalue weighted by Gasteiger charge is 2.21. The molecule has 0 aliphatic heterocycles. The lowest BCUT2D eigenvalue weighted by Crippen LogP contribution is -1.92. The van der Waals surface area contributed by atoms with Crippen molar-refractivity contribution < 1.29 is 0 Å². The quantitative estimate of drug-likeness (QED) is 0.417. The van der Waals surface area contributed by atoms with Crippen molar-refractivity contribution in [3.63, 3.8) is 0 Å². The molecule has 3 aromatic rings. The summed E-state index contributed by atoms with van der Waals surface area (Å²) in [4.78, 5) is 0. The van der Waals surface area contributed by atoms with Crippen LogP contribution in [-0.2, 0) is 6.42 Å². The summed E-state index contributed by atoms with van der Waals surface area (Å²) in [7, 11) is 0. The number of hydrogen-bond donors (Lipinski definition) is 0. The summed E-state index contributed by atoms with van der Waals surface area (Å²) in [6.45, 7) is 0. The van der Waals surface area contributed by atoms with E-state index < -0.39 is 0 Å². The van der Waals surface area contributed by atoms with Crippen LogP contribution in [-0.4, -0.2) is 0 Å². The second-order valence-corrected chi connectivity index (χ2v) is 6.32. The molecule has 0 amide bonds. The largest absolute Gasteiger partial charge is 0.151 e. The summed E-state index contributed by atoms with van der Waals surface area (Å²) in [6.07, 6.45) is 1.14. The summed E-state index contributed by atoms with van der Waals surface area (Å²) in [5.41, 5.74) is 6.00. The van der Waals surface area contributed by atoms with Gasteiger partial charge in [0.15, 0.2) is 0 Å². The molecule has 0 saturated carbocycles. The molecule has 0 N–H and O–H groups in total. The predicted octanol–water partition coefficient (Wildman–Crippen LogP) is 4.60. The van der Waals surface area contributed by atoms with Crippen molar-refractivity contribution in [3.8, 4) is 11.1 Å². The number of fused-ring (bicyclic) bond motifs is 2. The van der Waals surface area contributed by atoms with E-state index in [1.165, 1.54) is 31.7 Å². The van der Waals surface area contributed by atoms with Gasteiger partial charge in [-0.2, -0.15) is 11.3 Å². The third kappa shape index (κ3) is 0.787. The molecule has 0 fully saturated rings. The fourth-order valence-electron chi connectivity index (χ4n) is 2.14. The first kappa shape index (κ1) is 7.63. The van der Waals surface area contributed by atoms with E-state index in [-0.39, 0.29) is 0 Å². The van der Waals surface area contributed by atoms with Gasteiger partial charge in [-0.05, 0) is 32.8 Å². The molecule has 0 unspecified atom stereocenters. The first-order chi connectivity index (χ1) is 6.93. The smallest absolute Gasteiger partial charge is 0.0874 e. The minimum Gasteiger partial charge on any atom is -0.151 e. The Morgan fingerprint density at radius 2 is 1.79 bits per heavy atom. The van der Waals surface area contributed by atoms with Gasteiger partial charge in [-0.3, -0.25) is 0 Å². The minimum atomic E-state index is 1.14. The summed E-state index contributed by atoms with van der Waals surface area (Å²) in [6, 6.07) is 0. The molecule has 3 heteroatoms. The zero-order valence-electron chi connectivity index (χ0n) is 7.24. The van der Waals surface area contributed by atoms with E-state index in [2.05, 4.69) is 21.5 Å². The normalized spacial score (nSPS) is 13.4. The van der Waals surface area contributed by atoms with Crippen molar-refractivity contribution in [2.24, 2.45) is 0 Å². The van der Waals surface area contributed by atoms with Crippen molar-refractivity contribution in [2.45, 2.75) is 6.42 Å². The summed E-state index contributed by atoms with van der Waals surface area (Å²) in [5, 5.41) is 10.8. The maximum absolute atomic E-state index is 2.32. The van der Waals surface area contributed by atoms with E-state index in [4.69, 9.17) is 0 Å². The van der Waals surface area contributed by atoms with Gasteiger partial charge in [-0.25, -0.2) is 0 Å². The molecule has 0 radical (unpaired) electrons. The highest BCUT2D eigenvalue weighted by Crippen LogP contribution is 2.46. The highest BCUT2D eigenvalue weighted by atomic mass is 32.2. The van der Waals surface area contributed by atoms with Gasteiger partial charge in [0.2, 0.25) is 0 Å². The lowest BCUT2D eigenvalue weighted by molar-refractivity contribution is 1.24. The van der Waals surface area contributed by atoms with Crippen molar-refractivity contribution in [3.05, 3.63) is 32.6 Å². The molecule has 3 aromatic heterocycles. The summed E-state index contributed by atoms with van der Waals surface area (Å²) < 4.78 is 1.49. The predicted molar refractivity (Wildman–Crippen MR) is 65.8 cm³/mol. The molecule has 1 aliphatic rings. The molecular weight excluding hydrogens is 228 g/mol. The number of thiophene rings is 3. The van der Waals surface area contributed by atoms with E-state index in [0.29, 0.717) is 0 Å². The van der Waals surface area contributed by atoms with E-state index >= 15 is 0 Å². The van der Waals surface area contributed by atoms with Crippen molar-refractivity contribution >= 4 is 43.4 Å². The van der Waals surface area contributed by atoms with Gasteiger partial charge >= 0.3 is 0 Å². The Labute approximate surface area is 93.5 Å². The fraction of sp³-hybridized carbons (Fsp3) is 0.0909. The number of rotatable bonds is 0. The third-order valence-electron chi connectivity index (χ3n) is 2.80. The second-order valence-electron chi connectivity index (χ2n) is 3.56. The lowest BCUT2D eigenvalue weighted by Gasteiger charge is -2.09. The molecule has 0 aromatic carbocycles. The average Bonchev–Trinajstić information content (AvgIpc) is 2.86. The van der Waals surface area contributed by atoms with Crippen LogP contribution >= 0.6 is 34.0 Å². The Morgan fingerprint density at radius 3 is 2.79 bits per heavy atom. The first-order valence-corrected chi connectivity index (χ1v) is 7.16. The van der Waals surface area contributed by atoms with Gasteiger partial charge in [0.1, 0.15) is 0 Å². The van der Waals surface area contributed by atoms with Gasteiger partial charge < -0.3 is 0 Å². The molecule has 4 rings (SSSR count). The van der Waals surface area contributed by atoms with Gasteiger partial charge in [0, 0.05) is 22.8 Å². The molecule has 1 aliphatic carbocycles. The van der Waals surface area contributed by atoms with Crippen molar-refractivity contribution in [1.82, 2.24) is 0 Å². The monoisotopic (exact) mass is 234 g/mol. The van der Waals surface area contributed by atoms with Crippen LogP contribution in [0.1, 0.15) is 11.1 Å². The topological polar surface area (TPSA) is 0 Å². The van der Waals surface area contributed by atoms with Crippen LogP contribution in [0.15, 0.2) is 21.5 Å². The molecule has 0 nitrogen and oxygen atoms in total. The fourth-order valence-corrected chi connectivity index (χ4v) is 5.15. The molecule has 0 saturated heterocycles. The second kappa shape index (κ2) is 2.48. The van der Waals surface area contributed by atoms with Crippen molar-refractivity contribution in [1.29, 1.82) is 0 Å². The van der Waals surface area contributed by atoms with E-state index in [0.717, 1.165) is 6.42 Å². The minimum absolute atomic E-state index is 1.14. The van der Waals surface area contributed by atoms with Crippen LogP contribution in [0.3, 0.4) is 0 Å². The maximum atomic E-state index is 2.32. The van der Waals surface area contributed by atoms with Gasteiger partial charge in [0.05, 0.1) is 4.01 Å². The van der Waals surface area contributed by atoms with Crippen LogP contribution in [0.25, 0.3) is 20.5 Å². The Morgan fingerprint density at radius 1 is 0.857 bits per heavy atom. The molecule has 14 heavy (non-hydrogen) atoms. The molecule has 0 spiro atoms. The lowest BCUT2D eigenvalue weighted by atomic mass is 9.93. The first-order valence-electron chi connectivity index (χ1n) is 4.46. The van der Waals surface area contributed by atoms with E-state index in [1.54, 1.807) is 0 Å². The number of hydrogen-bond acceptors (Lipinski definition) is 3. The van der Waals surface area contributed by atoms with E-state index in [1.807, 2.05) is 34.0 Å². The Balaban J connectivity index is 2.26. The Kier molecular flexibility index (Phi) is 1.35. The van der Waals surface area contributed by atoms with Crippen LogP contribution < -0.4 is 0 Å². The molecule has 0 bridgehead atoms. The van der Waals surface area contributed by atoms with Gasteiger partial charge in [0.25, 0.3) is 0 Å². The van der Waals surface area contributed by atoms with Gasteiger partial charge in [-0.1, -0.05) is 0 Å². The van der Waals surface area contributed by atoms with Crippen LogP contribution in [0.2, 0.25) is 0 Å². The maximum Gasteiger partial charge on any atom is 0.0874 e. The van der Waals surface area contributed by atoms with Crippen LogP contribution in [0.4, 0.5) is 0 Å². The van der Waals surface area contributed by atoms with E-state index in [9.17, 15) is 0 Å². The third-order valence-corrected chi connectivity index (χ3v) is 5.76. The highest BCUT2D eigenvalue weighted by molar-refractivity contribution is 7.37. The Bertz CT molecular complexity index is 624. The van der Waals surface area contributed by atoms with Crippen molar-refractivity contribution in [2.75, 3.05) is 0 Å². The zero-order valence-corrected chi connectivity index (χ0v) is 9.69. The molecule has 3 heterocycles. The summed E-state index contributed by atoms with van der Waals surface area (Å²) in [5.74, 6) is 0. The molecule has 0 atom stereocenters. The standard InChI is InChI=1S/C11H6S3/c1-6-2-12-4-8(6)9-5-14-11-10(9)7(1)3-13-11/h2-5H,1H2. The summed E-state index contributed by atoms with van der Waals surface area (Å²) >= 11 is 5.61. The van der Waals surface area contributed by atoms with Gasteiger partial charge in [-0.15, -0.1) is 22.7 Å².